The first-order valence-electron chi connectivity index (χ1n) is 6.19. The van der Waals surface area contributed by atoms with Crippen molar-refractivity contribution in [2.45, 2.75) is 20.4 Å². The van der Waals surface area contributed by atoms with Crippen LogP contribution in [0.25, 0.3) is 0 Å². The molecule has 2 rings (SSSR count). The van der Waals surface area contributed by atoms with Crippen molar-refractivity contribution in [2.75, 3.05) is 18.5 Å². The van der Waals surface area contributed by atoms with E-state index in [2.05, 4.69) is 53.3 Å². The second kappa shape index (κ2) is 5.98. The third-order valence-corrected chi connectivity index (χ3v) is 4.01. The van der Waals surface area contributed by atoms with Gasteiger partial charge in [0.2, 0.25) is 0 Å². The monoisotopic (exact) mass is 261 g/mol. The van der Waals surface area contributed by atoms with Gasteiger partial charge in [0.25, 0.3) is 0 Å². The van der Waals surface area contributed by atoms with Crippen LogP contribution in [0.3, 0.4) is 0 Å². The smallest absolute Gasteiger partial charge is 0.190 e. The Morgan fingerprint density at radius 1 is 1.28 bits per heavy atom. The van der Waals surface area contributed by atoms with Crippen LogP contribution in [0.15, 0.2) is 30.3 Å². The molecule has 3 nitrogen and oxygen atoms in total. The van der Waals surface area contributed by atoms with E-state index in [0.29, 0.717) is 0 Å². The zero-order chi connectivity index (χ0) is 13.0. The third kappa shape index (κ3) is 2.71. The van der Waals surface area contributed by atoms with Crippen molar-refractivity contribution < 1.29 is 0 Å². The molecule has 1 aromatic heterocycles. The highest BCUT2D eigenvalue weighted by molar-refractivity contribution is 7.15. The first-order valence-corrected chi connectivity index (χ1v) is 7.01. The lowest BCUT2D eigenvalue weighted by Gasteiger charge is -2.19. The maximum atomic E-state index is 4.68. The van der Waals surface area contributed by atoms with Crippen molar-refractivity contribution in [1.82, 2.24) is 10.3 Å². The van der Waals surface area contributed by atoms with Crippen LogP contribution < -0.4 is 10.2 Å². The summed E-state index contributed by atoms with van der Waals surface area (Å²) in [5, 5.41) is 4.26. The van der Waals surface area contributed by atoms with E-state index in [1.807, 2.05) is 13.1 Å². The van der Waals surface area contributed by atoms with Crippen LogP contribution in [0.5, 0.6) is 0 Å². The molecule has 2 aromatic rings. The van der Waals surface area contributed by atoms with E-state index in [9.17, 15) is 0 Å². The molecule has 18 heavy (non-hydrogen) atoms. The predicted molar refractivity (Wildman–Crippen MR) is 78.7 cm³/mol. The zero-order valence-corrected chi connectivity index (χ0v) is 11.9. The van der Waals surface area contributed by atoms with E-state index in [4.69, 9.17) is 0 Å². The molecule has 0 saturated carbocycles. The summed E-state index contributed by atoms with van der Waals surface area (Å²) in [4.78, 5) is 8.24. The topological polar surface area (TPSA) is 28.2 Å². The molecule has 0 aliphatic heterocycles. The minimum absolute atomic E-state index is 0.885. The maximum Gasteiger partial charge on any atom is 0.190 e. The fourth-order valence-electron chi connectivity index (χ4n) is 1.89. The van der Waals surface area contributed by atoms with E-state index in [1.54, 1.807) is 11.3 Å². The molecule has 0 atom stereocenters. The summed E-state index contributed by atoms with van der Waals surface area (Å²) in [6, 6.07) is 10.4. The zero-order valence-electron chi connectivity index (χ0n) is 11.1. The van der Waals surface area contributed by atoms with Crippen molar-refractivity contribution in [3.05, 3.63) is 40.9 Å². The molecule has 0 fully saturated rings. The van der Waals surface area contributed by atoms with Crippen LogP contribution in [0.2, 0.25) is 0 Å². The fourth-order valence-corrected chi connectivity index (χ4v) is 3.05. The summed E-state index contributed by atoms with van der Waals surface area (Å²) in [7, 11) is 1.97. The second-order valence-corrected chi connectivity index (χ2v) is 5.18. The van der Waals surface area contributed by atoms with E-state index < -0.39 is 0 Å². The number of benzene rings is 1. The minimum Gasteiger partial charge on any atom is -0.318 e. The number of nitrogens with zero attached hydrogens (tertiary/aromatic N) is 2. The molecule has 0 amide bonds. The van der Waals surface area contributed by atoms with Gasteiger partial charge in [0.05, 0.1) is 5.69 Å². The van der Waals surface area contributed by atoms with E-state index in [1.165, 1.54) is 10.6 Å². The summed E-state index contributed by atoms with van der Waals surface area (Å²) >= 11 is 1.76. The number of para-hydroxylation sites is 1. The third-order valence-electron chi connectivity index (χ3n) is 2.83. The highest BCUT2D eigenvalue weighted by atomic mass is 32.1. The van der Waals surface area contributed by atoms with Crippen molar-refractivity contribution in [2.24, 2.45) is 0 Å². The molecule has 0 aliphatic carbocycles. The predicted octanol–water partition coefficient (Wildman–Crippen LogP) is 3.33. The Kier molecular flexibility index (Phi) is 4.33. The average molecular weight is 261 g/mol. The highest BCUT2D eigenvalue weighted by Gasteiger charge is 2.13. The van der Waals surface area contributed by atoms with Crippen LogP contribution in [-0.2, 0) is 6.54 Å². The van der Waals surface area contributed by atoms with Gasteiger partial charge < -0.3 is 10.2 Å². The summed E-state index contributed by atoms with van der Waals surface area (Å²) in [6.45, 7) is 6.04. The summed E-state index contributed by atoms with van der Waals surface area (Å²) in [6.07, 6.45) is 0. The number of aryl methyl sites for hydroxylation is 1. The standard InChI is InChI=1S/C14H19N3S/c1-4-17(12-8-6-5-7-9-12)14-16-11(2)13(18-14)10-15-3/h5-9,15H,4,10H2,1-3H3. The molecule has 4 heteroatoms. The molecule has 0 aliphatic rings. The number of aromatic nitrogens is 1. The molecule has 1 aromatic carbocycles. The number of thiazole rings is 1. The van der Waals surface area contributed by atoms with Gasteiger partial charge in [-0.15, -0.1) is 0 Å². The Morgan fingerprint density at radius 2 is 2.00 bits per heavy atom. The van der Waals surface area contributed by atoms with Gasteiger partial charge in [-0.2, -0.15) is 0 Å². The summed E-state index contributed by atoms with van der Waals surface area (Å²) < 4.78 is 0. The molecule has 0 saturated heterocycles. The van der Waals surface area contributed by atoms with Crippen LogP contribution in [0.1, 0.15) is 17.5 Å². The lowest BCUT2D eigenvalue weighted by Crippen LogP contribution is -2.15. The van der Waals surface area contributed by atoms with Crippen molar-refractivity contribution in [1.29, 1.82) is 0 Å². The van der Waals surface area contributed by atoms with E-state index in [0.717, 1.165) is 23.9 Å². The number of nitrogens with one attached hydrogen (secondary N) is 1. The molecule has 0 radical (unpaired) electrons. The molecule has 1 N–H and O–H groups in total. The van der Waals surface area contributed by atoms with Crippen molar-refractivity contribution >= 4 is 22.2 Å². The number of rotatable bonds is 5. The quantitative estimate of drug-likeness (QED) is 0.895. The first kappa shape index (κ1) is 13.1. The van der Waals surface area contributed by atoms with E-state index in [-0.39, 0.29) is 0 Å². The van der Waals surface area contributed by atoms with Gasteiger partial charge in [-0.25, -0.2) is 4.98 Å². The lowest BCUT2D eigenvalue weighted by molar-refractivity contribution is 0.822. The van der Waals surface area contributed by atoms with Gasteiger partial charge >= 0.3 is 0 Å². The van der Waals surface area contributed by atoms with Crippen LogP contribution in [0, 0.1) is 6.92 Å². The Bertz CT molecular complexity index is 493. The van der Waals surface area contributed by atoms with Gasteiger partial charge in [0.1, 0.15) is 0 Å². The first-order chi connectivity index (χ1) is 8.76. The Balaban J connectivity index is 2.31. The molecular weight excluding hydrogens is 242 g/mol. The lowest BCUT2D eigenvalue weighted by atomic mass is 10.3. The molecule has 0 spiro atoms. The van der Waals surface area contributed by atoms with Crippen LogP contribution in [-0.4, -0.2) is 18.6 Å². The Morgan fingerprint density at radius 3 is 2.61 bits per heavy atom. The normalized spacial score (nSPS) is 10.6. The number of hydrogen-bond donors (Lipinski definition) is 1. The molecule has 0 bridgehead atoms. The maximum absolute atomic E-state index is 4.68. The summed E-state index contributed by atoms with van der Waals surface area (Å²) in [5.41, 5.74) is 2.32. The molecule has 96 valence electrons. The van der Waals surface area contributed by atoms with E-state index >= 15 is 0 Å². The van der Waals surface area contributed by atoms with Gasteiger partial charge in [-0.3, -0.25) is 0 Å². The van der Waals surface area contributed by atoms with Gasteiger partial charge in [-0.05, 0) is 33.0 Å². The highest BCUT2D eigenvalue weighted by Crippen LogP contribution is 2.31. The van der Waals surface area contributed by atoms with Gasteiger partial charge in [0, 0.05) is 23.7 Å². The van der Waals surface area contributed by atoms with Gasteiger partial charge in [0.15, 0.2) is 5.13 Å². The summed E-state index contributed by atoms with van der Waals surface area (Å²) in [5.74, 6) is 0. The number of anilines is 2. The Hall–Kier alpha value is -1.39. The van der Waals surface area contributed by atoms with Gasteiger partial charge in [-0.1, -0.05) is 29.5 Å². The molecule has 1 heterocycles. The molecule has 0 unspecified atom stereocenters. The van der Waals surface area contributed by atoms with Crippen LogP contribution >= 0.6 is 11.3 Å². The number of hydrogen-bond acceptors (Lipinski definition) is 4. The largest absolute Gasteiger partial charge is 0.318 e. The van der Waals surface area contributed by atoms with Crippen molar-refractivity contribution in [3.63, 3.8) is 0 Å². The fraction of sp³-hybridized carbons (Fsp3) is 0.357. The average Bonchev–Trinajstić information content (AvgIpc) is 2.74. The minimum atomic E-state index is 0.885. The SMILES string of the molecule is CCN(c1ccccc1)c1nc(C)c(CNC)s1. The van der Waals surface area contributed by atoms with Crippen LogP contribution in [0.4, 0.5) is 10.8 Å². The Labute approximate surface area is 112 Å². The van der Waals surface area contributed by atoms with Crippen molar-refractivity contribution in [3.8, 4) is 0 Å². The second-order valence-electron chi connectivity index (χ2n) is 4.12. The molecular formula is C14H19N3S.